The molecule has 122 valence electrons. The van der Waals surface area contributed by atoms with Crippen molar-refractivity contribution >= 4 is 32.9 Å². The smallest absolute Gasteiger partial charge is 0.338 e. The Morgan fingerprint density at radius 2 is 2.12 bits per heavy atom. The summed E-state index contributed by atoms with van der Waals surface area (Å²) in [6, 6.07) is 9.66. The van der Waals surface area contributed by atoms with Crippen molar-refractivity contribution in [3.8, 4) is 11.3 Å². The summed E-state index contributed by atoms with van der Waals surface area (Å²) in [6.07, 6.45) is 2.22. The van der Waals surface area contributed by atoms with Crippen LogP contribution in [0.25, 0.3) is 22.3 Å². The van der Waals surface area contributed by atoms with Gasteiger partial charge in [0.15, 0.2) is 5.65 Å². The number of rotatable bonds is 3. The molecule has 0 amide bonds. The van der Waals surface area contributed by atoms with Gasteiger partial charge in [-0.3, -0.25) is 4.68 Å². The van der Waals surface area contributed by atoms with E-state index in [0.29, 0.717) is 11.5 Å². The molecule has 24 heavy (non-hydrogen) atoms. The standard InChI is InChI=1S/C18H16BrN3O2/c1-22-17-15(16(21-22)10-6-7-10)13(18(23)24-2)9-14(20-17)11-4-3-5-12(19)8-11/h3-5,8-10H,6-7H2,1-2H3. The number of aryl methyl sites for hydroxylation is 1. The Morgan fingerprint density at radius 1 is 1.33 bits per heavy atom. The van der Waals surface area contributed by atoms with E-state index in [1.54, 1.807) is 4.68 Å². The lowest BCUT2D eigenvalue weighted by molar-refractivity contribution is 0.0603. The van der Waals surface area contributed by atoms with Gasteiger partial charge in [-0.2, -0.15) is 5.10 Å². The summed E-state index contributed by atoms with van der Waals surface area (Å²) in [5.74, 6) is 0.0733. The third-order valence-corrected chi connectivity index (χ3v) is 4.80. The zero-order chi connectivity index (χ0) is 16.8. The second kappa shape index (κ2) is 5.70. The van der Waals surface area contributed by atoms with Gasteiger partial charge in [0, 0.05) is 23.0 Å². The number of fused-ring (bicyclic) bond motifs is 1. The van der Waals surface area contributed by atoms with Crippen LogP contribution in [0.1, 0.15) is 34.8 Å². The van der Waals surface area contributed by atoms with Crippen LogP contribution < -0.4 is 0 Å². The van der Waals surface area contributed by atoms with Gasteiger partial charge in [0.1, 0.15) is 0 Å². The maximum atomic E-state index is 12.4. The first-order chi connectivity index (χ1) is 11.6. The highest BCUT2D eigenvalue weighted by Crippen LogP contribution is 2.43. The molecule has 1 fully saturated rings. The number of nitrogens with zero attached hydrogens (tertiary/aromatic N) is 3. The van der Waals surface area contributed by atoms with Gasteiger partial charge in [-0.25, -0.2) is 9.78 Å². The number of benzene rings is 1. The van der Waals surface area contributed by atoms with Crippen molar-refractivity contribution in [3.63, 3.8) is 0 Å². The number of pyridine rings is 1. The Bertz CT molecular complexity index is 960. The number of hydrogen-bond donors (Lipinski definition) is 0. The van der Waals surface area contributed by atoms with E-state index in [1.165, 1.54) is 7.11 Å². The minimum absolute atomic E-state index is 0.353. The number of carbonyl (C=O) groups excluding carboxylic acids is 1. The second-order valence-electron chi connectivity index (χ2n) is 6.04. The molecule has 1 aliphatic carbocycles. The summed E-state index contributed by atoms with van der Waals surface area (Å²) in [6.45, 7) is 0. The first-order valence-corrected chi connectivity index (χ1v) is 8.59. The average Bonchev–Trinajstić information content (AvgIpc) is 3.38. The first kappa shape index (κ1) is 15.3. The van der Waals surface area contributed by atoms with E-state index in [4.69, 9.17) is 9.72 Å². The van der Waals surface area contributed by atoms with Crippen molar-refractivity contribution in [3.05, 3.63) is 46.1 Å². The van der Waals surface area contributed by atoms with Crippen molar-refractivity contribution in [2.75, 3.05) is 7.11 Å². The van der Waals surface area contributed by atoms with Crippen LogP contribution in [0.3, 0.4) is 0 Å². The van der Waals surface area contributed by atoms with E-state index in [1.807, 2.05) is 37.4 Å². The fourth-order valence-electron chi connectivity index (χ4n) is 2.99. The zero-order valence-electron chi connectivity index (χ0n) is 13.4. The maximum Gasteiger partial charge on any atom is 0.338 e. The molecule has 0 spiro atoms. The van der Waals surface area contributed by atoms with Gasteiger partial charge in [0.2, 0.25) is 0 Å². The van der Waals surface area contributed by atoms with E-state index in [9.17, 15) is 4.79 Å². The van der Waals surface area contributed by atoms with Crippen molar-refractivity contribution in [1.82, 2.24) is 14.8 Å². The van der Waals surface area contributed by atoms with E-state index in [2.05, 4.69) is 21.0 Å². The Hall–Kier alpha value is -2.21. The lowest BCUT2D eigenvalue weighted by Gasteiger charge is -2.07. The van der Waals surface area contributed by atoms with E-state index in [0.717, 1.165) is 45.3 Å². The molecule has 0 saturated heterocycles. The topological polar surface area (TPSA) is 57.0 Å². The van der Waals surface area contributed by atoms with Crippen LogP contribution in [0.2, 0.25) is 0 Å². The largest absolute Gasteiger partial charge is 0.465 e. The van der Waals surface area contributed by atoms with Crippen molar-refractivity contribution in [1.29, 1.82) is 0 Å². The second-order valence-corrected chi connectivity index (χ2v) is 6.95. The van der Waals surface area contributed by atoms with Gasteiger partial charge >= 0.3 is 5.97 Å². The molecular formula is C18H16BrN3O2. The van der Waals surface area contributed by atoms with Gasteiger partial charge in [-0.05, 0) is 31.0 Å². The summed E-state index contributed by atoms with van der Waals surface area (Å²) in [5.41, 5.74) is 3.88. The highest BCUT2D eigenvalue weighted by Gasteiger charge is 2.32. The fraction of sp³-hybridized carbons (Fsp3) is 0.278. The molecule has 1 aliphatic rings. The summed E-state index contributed by atoms with van der Waals surface area (Å²) in [5, 5.41) is 5.44. The van der Waals surface area contributed by atoms with E-state index < -0.39 is 0 Å². The van der Waals surface area contributed by atoms with E-state index in [-0.39, 0.29) is 5.97 Å². The molecule has 0 atom stereocenters. The summed E-state index contributed by atoms with van der Waals surface area (Å²) in [7, 11) is 3.27. The molecule has 1 aromatic carbocycles. The third-order valence-electron chi connectivity index (χ3n) is 4.31. The Morgan fingerprint density at radius 3 is 2.79 bits per heavy atom. The number of carbonyl (C=O) groups is 1. The number of esters is 1. The quantitative estimate of drug-likeness (QED) is 0.637. The predicted octanol–water partition coefficient (Wildman–Crippen LogP) is 4.06. The van der Waals surface area contributed by atoms with Crippen LogP contribution in [0.4, 0.5) is 0 Å². The fourth-order valence-corrected chi connectivity index (χ4v) is 3.39. The summed E-state index contributed by atoms with van der Waals surface area (Å²) in [4.78, 5) is 17.2. The SMILES string of the molecule is COC(=O)c1cc(-c2cccc(Br)c2)nc2c1c(C1CC1)nn2C. The van der Waals surface area contributed by atoms with Crippen LogP contribution in [0.5, 0.6) is 0 Å². The van der Waals surface area contributed by atoms with Crippen LogP contribution >= 0.6 is 15.9 Å². The molecule has 4 rings (SSSR count). The van der Waals surface area contributed by atoms with Gasteiger partial charge in [0.25, 0.3) is 0 Å². The van der Waals surface area contributed by atoms with Crippen molar-refractivity contribution < 1.29 is 9.53 Å². The minimum Gasteiger partial charge on any atom is -0.465 e. The van der Waals surface area contributed by atoms with Gasteiger partial charge in [0.05, 0.1) is 29.4 Å². The normalized spacial score (nSPS) is 14.1. The molecule has 0 aliphatic heterocycles. The van der Waals surface area contributed by atoms with Crippen LogP contribution in [-0.2, 0) is 11.8 Å². The highest BCUT2D eigenvalue weighted by molar-refractivity contribution is 9.10. The molecule has 0 radical (unpaired) electrons. The molecular weight excluding hydrogens is 370 g/mol. The van der Waals surface area contributed by atoms with Crippen LogP contribution in [0, 0.1) is 0 Å². The highest BCUT2D eigenvalue weighted by atomic mass is 79.9. The monoisotopic (exact) mass is 385 g/mol. The average molecular weight is 386 g/mol. The maximum absolute atomic E-state index is 12.4. The number of hydrogen-bond acceptors (Lipinski definition) is 4. The van der Waals surface area contributed by atoms with Gasteiger partial charge in [-0.1, -0.05) is 28.1 Å². The zero-order valence-corrected chi connectivity index (χ0v) is 15.0. The molecule has 0 bridgehead atoms. The molecule has 2 aromatic heterocycles. The van der Waals surface area contributed by atoms with E-state index >= 15 is 0 Å². The first-order valence-electron chi connectivity index (χ1n) is 7.80. The predicted molar refractivity (Wildman–Crippen MR) is 95.0 cm³/mol. The molecule has 5 nitrogen and oxygen atoms in total. The Labute approximate surface area is 147 Å². The van der Waals surface area contributed by atoms with Crippen LogP contribution in [-0.4, -0.2) is 27.8 Å². The van der Waals surface area contributed by atoms with Gasteiger partial charge < -0.3 is 4.74 Å². The molecule has 6 heteroatoms. The number of methoxy groups -OCH3 is 1. The van der Waals surface area contributed by atoms with Gasteiger partial charge in [-0.15, -0.1) is 0 Å². The minimum atomic E-state index is -0.353. The van der Waals surface area contributed by atoms with Crippen molar-refractivity contribution in [2.24, 2.45) is 7.05 Å². The lowest BCUT2D eigenvalue weighted by atomic mass is 10.0. The summed E-state index contributed by atoms with van der Waals surface area (Å²) >= 11 is 3.48. The number of ether oxygens (including phenoxy) is 1. The Kier molecular flexibility index (Phi) is 3.64. The lowest BCUT2D eigenvalue weighted by Crippen LogP contribution is -2.04. The number of aromatic nitrogens is 3. The molecule has 1 saturated carbocycles. The van der Waals surface area contributed by atoms with Crippen LogP contribution in [0.15, 0.2) is 34.8 Å². The molecule has 0 N–H and O–H groups in total. The summed E-state index contributed by atoms with van der Waals surface area (Å²) < 4.78 is 7.73. The molecule has 0 unspecified atom stereocenters. The molecule has 3 aromatic rings. The molecule has 2 heterocycles. The Balaban J connectivity index is 2.01. The third kappa shape index (κ3) is 2.51. The number of halogens is 1. The van der Waals surface area contributed by atoms with Crippen molar-refractivity contribution in [2.45, 2.75) is 18.8 Å².